The van der Waals surface area contributed by atoms with Crippen molar-refractivity contribution >= 4 is 11.9 Å². The van der Waals surface area contributed by atoms with Gasteiger partial charge in [-0.2, -0.15) is 13.2 Å². The average Bonchev–Trinajstić information content (AvgIpc) is 2.84. The van der Waals surface area contributed by atoms with E-state index in [-0.39, 0.29) is 13.0 Å². The molecular weight excluding hydrogens is 289 g/mol. The molecule has 1 amide bonds. The number of carboxylic acid groups (broad SMARTS) is 1. The highest BCUT2D eigenvalue weighted by Crippen LogP contribution is 2.32. The van der Waals surface area contributed by atoms with Crippen molar-refractivity contribution in [3.05, 3.63) is 29.6 Å². The highest BCUT2D eigenvalue weighted by molar-refractivity contribution is 5.96. The second kappa shape index (κ2) is 5.71. The number of hydrogen-bond donors (Lipinski definition) is 1. The largest absolute Gasteiger partial charge is 0.481 e. The predicted octanol–water partition coefficient (Wildman–Crippen LogP) is 2.18. The zero-order chi connectivity index (χ0) is 15.6. The monoisotopic (exact) mass is 302 g/mol. The van der Waals surface area contributed by atoms with Gasteiger partial charge in [0.2, 0.25) is 0 Å². The fraction of sp³-hybridized carbons (Fsp3) is 0.462. The molecule has 0 spiro atoms. The quantitative estimate of drug-likeness (QED) is 0.929. The van der Waals surface area contributed by atoms with Crippen molar-refractivity contribution in [1.82, 2.24) is 9.88 Å². The average molecular weight is 302 g/mol. The SMILES string of the molecule is O=C(O)CC1CCCN1C(=O)c1cccnc1C(F)(F)F. The van der Waals surface area contributed by atoms with Gasteiger partial charge >= 0.3 is 12.1 Å². The molecule has 21 heavy (non-hydrogen) atoms. The minimum Gasteiger partial charge on any atom is -0.481 e. The molecular formula is C13H13F3N2O3. The second-order valence-corrected chi connectivity index (χ2v) is 4.79. The molecule has 114 valence electrons. The van der Waals surface area contributed by atoms with Crippen LogP contribution < -0.4 is 0 Å². The zero-order valence-corrected chi connectivity index (χ0v) is 10.9. The molecule has 1 aromatic rings. The van der Waals surface area contributed by atoms with Gasteiger partial charge in [-0.05, 0) is 25.0 Å². The first kappa shape index (κ1) is 15.3. The molecule has 1 aromatic heterocycles. The Balaban J connectivity index is 2.30. The smallest absolute Gasteiger partial charge is 0.434 e. The molecule has 0 bridgehead atoms. The number of carbonyl (C=O) groups excluding carboxylic acids is 1. The Morgan fingerprint density at radius 1 is 1.43 bits per heavy atom. The number of alkyl halides is 3. The van der Waals surface area contributed by atoms with Crippen LogP contribution in [-0.4, -0.2) is 39.5 Å². The lowest BCUT2D eigenvalue weighted by Gasteiger charge is -2.24. The third-order valence-electron chi connectivity index (χ3n) is 3.35. The predicted molar refractivity (Wildman–Crippen MR) is 65.6 cm³/mol. The fourth-order valence-electron chi connectivity index (χ4n) is 2.48. The van der Waals surface area contributed by atoms with Gasteiger partial charge < -0.3 is 10.0 Å². The molecule has 2 rings (SSSR count). The lowest BCUT2D eigenvalue weighted by Crippen LogP contribution is -2.38. The molecule has 1 unspecified atom stereocenters. The Kier molecular flexibility index (Phi) is 4.15. The van der Waals surface area contributed by atoms with E-state index in [1.807, 2.05) is 0 Å². The minimum atomic E-state index is -4.73. The van der Waals surface area contributed by atoms with Crippen LogP contribution in [0.2, 0.25) is 0 Å². The van der Waals surface area contributed by atoms with Crippen molar-refractivity contribution in [2.24, 2.45) is 0 Å². The maximum atomic E-state index is 12.9. The van der Waals surface area contributed by atoms with E-state index in [2.05, 4.69) is 4.98 Å². The van der Waals surface area contributed by atoms with E-state index in [0.717, 1.165) is 12.3 Å². The third kappa shape index (κ3) is 3.32. The van der Waals surface area contributed by atoms with Crippen molar-refractivity contribution in [1.29, 1.82) is 0 Å². The molecule has 1 fully saturated rings. The van der Waals surface area contributed by atoms with Crippen LogP contribution in [0.4, 0.5) is 13.2 Å². The normalized spacial score (nSPS) is 18.8. The topological polar surface area (TPSA) is 70.5 Å². The molecule has 0 aromatic carbocycles. The van der Waals surface area contributed by atoms with Gasteiger partial charge in [-0.15, -0.1) is 0 Å². The Bertz CT molecular complexity index is 560. The van der Waals surface area contributed by atoms with E-state index in [0.29, 0.717) is 12.8 Å². The summed E-state index contributed by atoms with van der Waals surface area (Å²) in [5, 5.41) is 8.80. The molecule has 0 radical (unpaired) electrons. The summed E-state index contributed by atoms with van der Waals surface area (Å²) in [6.07, 6.45) is -2.98. The van der Waals surface area contributed by atoms with E-state index in [1.54, 1.807) is 0 Å². The van der Waals surface area contributed by atoms with Gasteiger partial charge in [0.25, 0.3) is 5.91 Å². The third-order valence-corrected chi connectivity index (χ3v) is 3.35. The number of halogens is 3. The summed E-state index contributed by atoms with van der Waals surface area (Å²) in [6.45, 7) is 0.253. The Morgan fingerprint density at radius 3 is 2.76 bits per heavy atom. The molecule has 1 saturated heterocycles. The number of carboxylic acids is 1. The maximum absolute atomic E-state index is 12.9. The van der Waals surface area contributed by atoms with Crippen molar-refractivity contribution < 1.29 is 27.9 Å². The number of pyridine rings is 1. The minimum absolute atomic E-state index is 0.253. The fourth-order valence-corrected chi connectivity index (χ4v) is 2.48. The summed E-state index contributed by atoms with van der Waals surface area (Å²) in [7, 11) is 0. The molecule has 8 heteroatoms. The summed E-state index contributed by atoms with van der Waals surface area (Å²) in [5.41, 5.74) is -1.78. The van der Waals surface area contributed by atoms with Crippen molar-refractivity contribution in [2.45, 2.75) is 31.5 Å². The highest BCUT2D eigenvalue weighted by Gasteiger charge is 2.39. The van der Waals surface area contributed by atoms with Crippen molar-refractivity contribution in [3.63, 3.8) is 0 Å². The first-order valence-electron chi connectivity index (χ1n) is 6.35. The maximum Gasteiger partial charge on any atom is 0.434 e. The molecule has 1 N–H and O–H groups in total. The first-order chi connectivity index (χ1) is 9.80. The summed E-state index contributed by atoms with van der Waals surface area (Å²) in [5.74, 6) is -1.90. The summed E-state index contributed by atoms with van der Waals surface area (Å²) in [6, 6.07) is 1.75. The lowest BCUT2D eigenvalue weighted by atomic mass is 10.1. The van der Waals surface area contributed by atoms with Crippen LogP contribution in [0.25, 0.3) is 0 Å². The summed E-state index contributed by atoms with van der Waals surface area (Å²) in [4.78, 5) is 27.5. The number of amides is 1. The standard InChI is InChI=1S/C13H13F3N2O3/c14-13(15,16)11-9(4-1-5-17-11)12(21)18-6-2-3-8(18)7-10(19)20/h1,4-5,8H,2-3,6-7H2,(H,19,20). The number of likely N-dealkylation sites (tertiary alicyclic amines) is 1. The van der Waals surface area contributed by atoms with Crippen LogP contribution in [0.15, 0.2) is 18.3 Å². The van der Waals surface area contributed by atoms with Gasteiger partial charge in [0.15, 0.2) is 5.69 Å². The zero-order valence-electron chi connectivity index (χ0n) is 10.9. The van der Waals surface area contributed by atoms with Gasteiger partial charge in [-0.25, -0.2) is 0 Å². The van der Waals surface area contributed by atoms with Crippen molar-refractivity contribution in [3.8, 4) is 0 Å². The van der Waals surface area contributed by atoms with Gasteiger partial charge in [0.1, 0.15) is 0 Å². The van der Waals surface area contributed by atoms with Gasteiger partial charge in [-0.3, -0.25) is 14.6 Å². The van der Waals surface area contributed by atoms with Crippen LogP contribution >= 0.6 is 0 Å². The first-order valence-corrected chi connectivity index (χ1v) is 6.35. The van der Waals surface area contributed by atoms with E-state index in [1.165, 1.54) is 11.0 Å². The van der Waals surface area contributed by atoms with E-state index in [4.69, 9.17) is 5.11 Å². The number of nitrogens with zero attached hydrogens (tertiary/aromatic N) is 2. The van der Waals surface area contributed by atoms with Crippen LogP contribution in [0, 0.1) is 0 Å². The Hall–Kier alpha value is -2.12. The Labute approximate surface area is 118 Å². The van der Waals surface area contributed by atoms with Crippen LogP contribution in [-0.2, 0) is 11.0 Å². The molecule has 0 saturated carbocycles. The van der Waals surface area contributed by atoms with Crippen LogP contribution in [0.3, 0.4) is 0 Å². The summed E-state index contributed by atoms with van der Waals surface area (Å²) < 4.78 is 38.6. The molecule has 0 aliphatic carbocycles. The summed E-state index contributed by atoms with van der Waals surface area (Å²) >= 11 is 0. The molecule has 1 atom stereocenters. The second-order valence-electron chi connectivity index (χ2n) is 4.79. The lowest BCUT2D eigenvalue weighted by molar-refractivity contribution is -0.142. The molecule has 1 aliphatic rings. The van der Waals surface area contributed by atoms with Crippen LogP contribution in [0.5, 0.6) is 0 Å². The number of aliphatic carboxylic acids is 1. The molecule has 1 aliphatic heterocycles. The van der Waals surface area contributed by atoms with E-state index < -0.39 is 35.4 Å². The highest BCUT2D eigenvalue weighted by atomic mass is 19.4. The van der Waals surface area contributed by atoms with E-state index >= 15 is 0 Å². The Morgan fingerprint density at radius 2 is 2.14 bits per heavy atom. The number of aromatic nitrogens is 1. The van der Waals surface area contributed by atoms with Crippen molar-refractivity contribution in [2.75, 3.05) is 6.54 Å². The number of rotatable bonds is 3. The van der Waals surface area contributed by atoms with E-state index in [9.17, 15) is 22.8 Å². The van der Waals surface area contributed by atoms with Gasteiger partial charge in [0.05, 0.1) is 12.0 Å². The molecule has 2 heterocycles. The van der Waals surface area contributed by atoms with Crippen LogP contribution in [0.1, 0.15) is 35.3 Å². The molecule has 5 nitrogen and oxygen atoms in total. The van der Waals surface area contributed by atoms with Gasteiger partial charge in [-0.1, -0.05) is 0 Å². The number of hydrogen-bond acceptors (Lipinski definition) is 3. The van der Waals surface area contributed by atoms with Gasteiger partial charge in [0, 0.05) is 18.8 Å². The number of carbonyl (C=O) groups is 2.